The van der Waals surface area contributed by atoms with Crippen LogP contribution in [-0.4, -0.2) is 49.6 Å². The molecule has 4 aliphatic rings. The molecule has 192 valence electrons. The quantitative estimate of drug-likeness (QED) is 0.560. The van der Waals surface area contributed by atoms with E-state index in [9.17, 15) is 22.7 Å². The molecule has 9 heteroatoms. The van der Waals surface area contributed by atoms with Crippen LogP contribution >= 0.6 is 0 Å². The van der Waals surface area contributed by atoms with Crippen molar-refractivity contribution in [2.45, 2.75) is 68.3 Å². The zero-order chi connectivity index (χ0) is 25.2. The number of hydrogen-bond acceptors (Lipinski definition) is 5. The lowest BCUT2D eigenvalue weighted by Crippen LogP contribution is -2.43. The monoisotopic (exact) mass is 514 g/mol. The molecule has 6 rings (SSSR count). The molecule has 2 saturated heterocycles. The summed E-state index contributed by atoms with van der Waals surface area (Å²) in [4.78, 5) is 14.7. The number of halogens is 1. The first kappa shape index (κ1) is 23.7. The van der Waals surface area contributed by atoms with E-state index in [-0.39, 0.29) is 33.7 Å². The Hall–Kier alpha value is -2.65. The SMILES string of the molecule is CCN1C2CC[C@H]1CC(Cc1cc(F)ccc1S(=O)(=O)Nc1ccc3c(c1C(=O)O)OC[C@@H]1C[C@H]31)C2. The van der Waals surface area contributed by atoms with E-state index in [0.29, 0.717) is 36.6 Å². The van der Waals surface area contributed by atoms with Crippen molar-refractivity contribution in [1.29, 1.82) is 0 Å². The van der Waals surface area contributed by atoms with Crippen LogP contribution in [0.15, 0.2) is 35.2 Å². The minimum Gasteiger partial charge on any atom is -0.492 e. The second kappa shape index (κ2) is 8.73. The fourth-order valence-corrected chi connectivity index (χ4v) is 8.20. The Morgan fingerprint density at radius 3 is 2.61 bits per heavy atom. The number of anilines is 1. The maximum Gasteiger partial charge on any atom is 0.341 e. The molecule has 1 aliphatic carbocycles. The highest BCUT2D eigenvalue weighted by Crippen LogP contribution is 2.55. The van der Waals surface area contributed by atoms with Gasteiger partial charge in [0.2, 0.25) is 0 Å². The number of ether oxygens (including phenoxy) is 1. The third-order valence-corrected chi connectivity index (χ3v) is 10.0. The highest BCUT2D eigenvalue weighted by atomic mass is 32.2. The molecule has 0 radical (unpaired) electrons. The first-order chi connectivity index (χ1) is 17.2. The number of nitrogens with one attached hydrogen (secondary N) is 1. The summed E-state index contributed by atoms with van der Waals surface area (Å²) in [6.07, 6.45) is 5.69. The van der Waals surface area contributed by atoms with Gasteiger partial charge in [0.1, 0.15) is 17.1 Å². The Morgan fingerprint density at radius 2 is 1.92 bits per heavy atom. The summed E-state index contributed by atoms with van der Waals surface area (Å²) >= 11 is 0. The number of hydrogen-bond donors (Lipinski definition) is 2. The number of carboxylic acids is 1. The zero-order valence-corrected chi connectivity index (χ0v) is 21.1. The molecule has 1 saturated carbocycles. The normalized spacial score (nSPS) is 28.7. The van der Waals surface area contributed by atoms with Crippen LogP contribution in [0.25, 0.3) is 0 Å². The Labute approximate surface area is 210 Å². The summed E-state index contributed by atoms with van der Waals surface area (Å²) < 4.78 is 49.6. The van der Waals surface area contributed by atoms with E-state index in [4.69, 9.17) is 4.74 Å². The van der Waals surface area contributed by atoms with Crippen molar-refractivity contribution >= 4 is 21.7 Å². The molecule has 2 aromatic rings. The molecular weight excluding hydrogens is 483 g/mol. The van der Waals surface area contributed by atoms with Crippen LogP contribution < -0.4 is 9.46 Å². The number of fused-ring (bicyclic) bond motifs is 5. The first-order valence-corrected chi connectivity index (χ1v) is 14.3. The van der Waals surface area contributed by atoms with Crippen molar-refractivity contribution in [1.82, 2.24) is 4.90 Å². The number of benzene rings is 2. The summed E-state index contributed by atoms with van der Waals surface area (Å²) in [5.41, 5.74) is 1.05. The minimum atomic E-state index is -4.17. The Bertz CT molecular complexity index is 1320. The molecule has 36 heavy (non-hydrogen) atoms. The highest BCUT2D eigenvalue weighted by Gasteiger charge is 2.45. The fourth-order valence-electron chi connectivity index (χ4n) is 6.90. The second-order valence-corrected chi connectivity index (χ2v) is 12.4. The number of nitrogens with zero attached hydrogens (tertiary/aromatic N) is 1. The number of piperidine rings is 1. The van der Waals surface area contributed by atoms with Gasteiger partial charge in [-0.25, -0.2) is 17.6 Å². The minimum absolute atomic E-state index is 0.00796. The molecule has 7 nitrogen and oxygen atoms in total. The first-order valence-electron chi connectivity index (χ1n) is 12.8. The van der Waals surface area contributed by atoms with Gasteiger partial charge in [0.25, 0.3) is 10.0 Å². The summed E-state index contributed by atoms with van der Waals surface area (Å²) in [6.45, 7) is 3.63. The predicted molar refractivity (Wildman–Crippen MR) is 133 cm³/mol. The van der Waals surface area contributed by atoms with Crippen LogP contribution in [0, 0.1) is 17.7 Å². The highest BCUT2D eigenvalue weighted by molar-refractivity contribution is 7.92. The second-order valence-electron chi connectivity index (χ2n) is 10.7. The molecule has 3 fully saturated rings. The Kier molecular flexibility index (Phi) is 5.75. The zero-order valence-electron chi connectivity index (χ0n) is 20.2. The summed E-state index contributed by atoms with van der Waals surface area (Å²) in [7, 11) is -4.17. The van der Waals surface area contributed by atoms with Crippen molar-refractivity contribution in [3.8, 4) is 5.75 Å². The van der Waals surface area contributed by atoms with Crippen molar-refractivity contribution in [2.75, 3.05) is 17.9 Å². The molecule has 0 aromatic heterocycles. The van der Waals surface area contributed by atoms with Gasteiger partial charge in [0, 0.05) is 18.0 Å². The molecule has 0 spiro atoms. The summed E-state index contributed by atoms with van der Waals surface area (Å²) in [6, 6.07) is 8.01. The van der Waals surface area contributed by atoms with Gasteiger partial charge in [-0.3, -0.25) is 9.62 Å². The van der Waals surface area contributed by atoms with Gasteiger partial charge in [-0.15, -0.1) is 0 Å². The maximum absolute atomic E-state index is 14.3. The topological polar surface area (TPSA) is 95.9 Å². The van der Waals surface area contributed by atoms with Gasteiger partial charge in [0.15, 0.2) is 0 Å². The average molecular weight is 515 g/mol. The molecule has 2 aromatic carbocycles. The Balaban J connectivity index is 1.30. The number of rotatable bonds is 7. The average Bonchev–Trinajstić information content (AvgIpc) is 3.57. The maximum atomic E-state index is 14.3. The van der Waals surface area contributed by atoms with Crippen LogP contribution in [0.4, 0.5) is 10.1 Å². The van der Waals surface area contributed by atoms with E-state index in [1.54, 1.807) is 6.07 Å². The van der Waals surface area contributed by atoms with E-state index < -0.39 is 21.8 Å². The van der Waals surface area contributed by atoms with Crippen LogP contribution in [0.2, 0.25) is 0 Å². The van der Waals surface area contributed by atoms with Crippen LogP contribution in [0.1, 0.15) is 66.4 Å². The summed E-state index contributed by atoms with van der Waals surface area (Å²) in [5, 5.41) is 9.93. The predicted octanol–water partition coefficient (Wildman–Crippen LogP) is 4.63. The third-order valence-electron chi connectivity index (χ3n) is 8.58. The number of carbonyl (C=O) groups is 1. The molecular formula is C27H31FN2O5S. The van der Waals surface area contributed by atoms with Gasteiger partial charge < -0.3 is 9.84 Å². The number of aromatic carboxylic acids is 1. The lowest BCUT2D eigenvalue weighted by Gasteiger charge is -2.38. The van der Waals surface area contributed by atoms with Gasteiger partial charge in [-0.1, -0.05) is 13.0 Å². The molecule has 2 bridgehead atoms. The largest absolute Gasteiger partial charge is 0.492 e. The summed E-state index contributed by atoms with van der Waals surface area (Å²) in [5.74, 6) is -0.525. The van der Waals surface area contributed by atoms with E-state index in [1.165, 1.54) is 18.2 Å². The van der Waals surface area contributed by atoms with E-state index in [0.717, 1.165) is 50.3 Å². The van der Waals surface area contributed by atoms with Gasteiger partial charge in [-0.2, -0.15) is 0 Å². The lowest BCUT2D eigenvalue weighted by molar-refractivity contribution is 0.0692. The fraction of sp³-hybridized carbons (Fsp3) is 0.519. The van der Waals surface area contributed by atoms with Crippen molar-refractivity contribution in [3.05, 3.63) is 52.8 Å². The molecule has 3 aliphatic heterocycles. The smallest absolute Gasteiger partial charge is 0.341 e. The lowest BCUT2D eigenvalue weighted by atomic mass is 9.86. The van der Waals surface area contributed by atoms with E-state index >= 15 is 0 Å². The Morgan fingerprint density at radius 1 is 1.17 bits per heavy atom. The molecule has 2 unspecified atom stereocenters. The number of sulfonamides is 1. The molecule has 2 N–H and O–H groups in total. The van der Waals surface area contributed by atoms with Crippen LogP contribution in [-0.2, 0) is 16.4 Å². The number of carboxylic acid groups (broad SMARTS) is 1. The van der Waals surface area contributed by atoms with Gasteiger partial charge in [0.05, 0.1) is 17.2 Å². The van der Waals surface area contributed by atoms with Gasteiger partial charge >= 0.3 is 5.97 Å². The molecule has 0 amide bonds. The van der Waals surface area contributed by atoms with E-state index in [1.807, 2.05) is 0 Å². The van der Waals surface area contributed by atoms with Crippen molar-refractivity contribution in [3.63, 3.8) is 0 Å². The van der Waals surface area contributed by atoms with E-state index in [2.05, 4.69) is 16.5 Å². The van der Waals surface area contributed by atoms with Crippen LogP contribution in [0.3, 0.4) is 0 Å². The van der Waals surface area contributed by atoms with Crippen molar-refractivity contribution in [2.24, 2.45) is 11.8 Å². The standard InChI is InChI=1S/C27H31FN2O5S/c1-2-30-19-4-5-20(30)11-15(10-19)9-16-12-18(28)3-8-24(16)36(33,34)29-23-7-6-21-22-13-17(22)14-35-26(21)25(23)27(31)32/h3,6-8,12,15,17,19-20,22,29H,2,4-5,9-11,13-14H2,1H3,(H,31,32)/t15?,17-,19-,20?,22-/m0/s1. The third kappa shape index (κ3) is 4.06. The van der Waals surface area contributed by atoms with Crippen molar-refractivity contribution < 1.29 is 27.4 Å². The molecule has 3 heterocycles. The molecule has 5 atom stereocenters. The van der Waals surface area contributed by atoms with Crippen LogP contribution in [0.5, 0.6) is 5.75 Å². The van der Waals surface area contributed by atoms with Gasteiger partial charge in [-0.05, 0) is 92.3 Å².